The average Bonchev–Trinajstić information content (AvgIpc) is 2.94. The molecule has 0 spiro atoms. The van der Waals surface area contributed by atoms with Crippen LogP contribution >= 0.6 is 0 Å². The summed E-state index contributed by atoms with van der Waals surface area (Å²) in [5.41, 5.74) is 2.27. The quantitative estimate of drug-likeness (QED) is 0.866. The lowest BCUT2D eigenvalue weighted by Gasteiger charge is -2.05. The first-order valence-electron chi connectivity index (χ1n) is 6.82. The highest BCUT2D eigenvalue weighted by atomic mass is 16.5. The number of benzene rings is 1. The molecule has 0 bridgehead atoms. The molecular formula is C15H21N3O. The van der Waals surface area contributed by atoms with Gasteiger partial charge in [-0.3, -0.25) is 0 Å². The van der Waals surface area contributed by atoms with E-state index in [0.717, 1.165) is 30.8 Å². The van der Waals surface area contributed by atoms with Crippen LogP contribution in [0.4, 0.5) is 0 Å². The van der Waals surface area contributed by atoms with Crippen molar-refractivity contribution in [3.63, 3.8) is 0 Å². The minimum atomic E-state index is 0.335. The van der Waals surface area contributed by atoms with Crippen LogP contribution in [0.15, 0.2) is 28.8 Å². The van der Waals surface area contributed by atoms with E-state index in [0.29, 0.717) is 11.8 Å². The molecule has 2 rings (SSSR count). The molecule has 1 atom stereocenters. The lowest BCUT2D eigenvalue weighted by Crippen LogP contribution is -2.10. The number of likely N-dealkylation sites (N-methyl/N-ethyl adjacent to an activating group) is 1. The van der Waals surface area contributed by atoms with E-state index in [2.05, 4.69) is 35.4 Å². The molecule has 0 aliphatic heterocycles. The molecule has 4 heteroatoms. The first-order valence-corrected chi connectivity index (χ1v) is 6.82. The van der Waals surface area contributed by atoms with Crippen LogP contribution in [0.5, 0.6) is 0 Å². The van der Waals surface area contributed by atoms with Gasteiger partial charge in [0, 0.05) is 11.5 Å². The predicted molar refractivity (Wildman–Crippen MR) is 76.1 cm³/mol. The summed E-state index contributed by atoms with van der Waals surface area (Å²) >= 11 is 0. The van der Waals surface area contributed by atoms with Crippen molar-refractivity contribution in [1.29, 1.82) is 0 Å². The van der Waals surface area contributed by atoms with Crippen molar-refractivity contribution in [3.05, 3.63) is 35.7 Å². The van der Waals surface area contributed by atoms with Crippen molar-refractivity contribution in [3.8, 4) is 11.5 Å². The summed E-state index contributed by atoms with van der Waals surface area (Å²) in [6.07, 6.45) is 1.97. The molecular weight excluding hydrogens is 238 g/mol. The second-order valence-electron chi connectivity index (χ2n) is 4.78. The molecule has 1 aromatic carbocycles. The van der Waals surface area contributed by atoms with Gasteiger partial charge in [-0.2, -0.15) is 4.98 Å². The van der Waals surface area contributed by atoms with E-state index >= 15 is 0 Å². The third-order valence-electron chi connectivity index (χ3n) is 3.39. The number of nitrogens with zero attached hydrogens (tertiary/aromatic N) is 2. The van der Waals surface area contributed by atoms with Crippen LogP contribution in [0.3, 0.4) is 0 Å². The van der Waals surface area contributed by atoms with E-state index in [9.17, 15) is 0 Å². The Kier molecular flexibility index (Phi) is 4.68. The van der Waals surface area contributed by atoms with Crippen LogP contribution in [-0.4, -0.2) is 23.7 Å². The summed E-state index contributed by atoms with van der Waals surface area (Å²) in [5, 5.41) is 7.24. The molecule has 102 valence electrons. The molecule has 0 amide bonds. The fourth-order valence-electron chi connectivity index (χ4n) is 1.93. The zero-order chi connectivity index (χ0) is 13.7. The molecule has 19 heavy (non-hydrogen) atoms. The van der Waals surface area contributed by atoms with Gasteiger partial charge in [0.05, 0.1) is 0 Å². The Balaban J connectivity index is 2.28. The number of hydrogen-bond acceptors (Lipinski definition) is 4. The van der Waals surface area contributed by atoms with Crippen LogP contribution in [-0.2, 0) is 6.42 Å². The molecule has 4 nitrogen and oxygen atoms in total. The van der Waals surface area contributed by atoms with Gasteiger partial charge in [0.2, 0.25) is 0 Å². The minimum Gasteiger partial charge on any atom is -0.334 e. The van der Waals surface area contributed by atoms with Gasteiger partial charge in [0.1, 0.15) is 0 Å². The summed E-state index contributed by atoms with van der Waals surface area (Å²) < 4.78 is 5.41. The topological polar surface area (TPSA) is 51.0 Å². The van der Waals surface area contributed by atoms with Gasteiger partial charge in [-0.25, -0.2) is 0 Å². The Bertz CT molecular complexity index is 522. The van der Waals surface area contributed by atoms with Gasteiger partial charge in [-0.15, -0.1) is 0 Å². The van der Waals surface area contributed by atoms with Crippen LogP contribution in [0, 0.1) is 0 Å². The molecule has 0 aliphatic rings. The molecule has 0 radical (unpaired) electrons. The molecule has 0 fully saturated rings. The van der Waals surface area contributed by atoms with E-state index in [-0.39, 0.29) is 0 Å². The number of nitrogens with one attached hydrogen (secondary N) is 1. The van der Waals surface area contributed by atoms with E-state index in [1.54, 1.807) is 0 Å². The smallest absolute Gasteiger partial charge is 0.258 e. The molecule has 1 aromatic heterocycles. The Morgan fingerprint density at radius 1 is 1.32 bits per heavy atom. The Morgan fingerprint density at radius 3 is 2.84 bits per heavy atom. The highest BCUT2D eigenvalue weighted by Crippen LogP contribution is 2.24. The Hall–Kier alpha value is -1.68. The summed E-state index contributed by atoms with van der Waals surface area (Å²) in [6, 6.07) is 8.20. The summed E-state index contributed by atoms with van der Waals surface area (Å²) in [5.74, 6) is 1.75. The molecule has 0 aliphatic carbocycles. The van der Waals surface area contributed by atoms with E-state index in [4.69, 9.17) is 4.52 Å². The van der Waals surface area contributed by atoms with Crippen LogP contribution in [0.1, 0.15) is 37.6 Å². The van der Waals surface area contributed by atoms with Crippen molar-refractivity contribution in [1.82, 2.24) is 15.5 Å². The Labute approximate surface area is 114 Å². The first-order chi connectivity index (χ1) is 9.26. The van der Waals surface area contributed by atoms with Crippen molar-refractivity contribution < 1.29 is 4.52 Å². The van der Waals surface area contributed by atoms with Gasteiger partial charge >= 0.3 is 0 Å². The van der Waals surface area contributed by atoms with E-state index in [1.807, 2.05) is 25.2 Å². The maximum absolute atomic E-state index is 5.41. The van der Waals surface area contributed by atoms with Crippen LogP contribution in [0.2, 0.25) is 0 Å². The summed E-state index contributed by atoms with van der Waals surface area (Å²) in [6.45, 7) is 5.17. The molecule has 1 heterocycles. The number of rotatable bonds is 6. The summed E-state index contributed by atoms with van der Waals surface area (Å²) in [4.78, 5) is 4.52. The van der Waals surface area contributed by atoms with E-state index < -0.39 is 0 Å². The van der Waals surface area contributed by atoms with Crippen molar-refractivity contribution >= 4 is 0 Å². The summed E-state index contributed by atoms with van der Waals surface area (Å²) in [7, 11) is 1.95. The molecule has 0 saturated carbocycles. The van der Waals surface area contributed by atoms with Crippen LogP contribution in [0.25, 0.3) is 11.5 Å². The number of aromatic nitrogens is 2. The highest BCUT2D eigenvalue weighted by molar-refractivity contribution is 5.58. The zero-order valence-corrected chi connectivity index (χ0v) is 11.8. The fraction of sp³-hybridized carbons (Fsp3) is 0.467. The third kappa shape index (κ3) is 3.20. The molecule has 0 saturated heterocycles. The predicted octanol–water partition coefficient (Wildman–Crippen LogP) is 3.01. The second-order valence-corrected chi connectivity index (χ2v) is 4.78. The minimum absolute atomic E-state index is 0.335. The van der Waals surface area contributed by atoms with Gasteiger partial charge in [-0.05, 0) is 38.1 Å². The zero-order valence-electron chi connectivity index (χ0n) is 11.8. The van der Waals surface area contributed by atoms with Gasteiger partial charge in [0.15, 0.2) is 5.82 Å². The van der Waals surface area contributed by atoms with Crippen molar-refractivity contribution in [2.75, 3.05) is 13.6 Å². The van der Waals surface area contributed by atoms with Gasteiger partial charge < -0.3 is 9.84 Å². The first kappa shape index (κ1) is 13.7. The van der Waals surface area contributed by atoms with Crippen LogP contribution < -0.4 is 5.32 Å². The fourth-order valence-corrected chi connectivity index (χ4v) is 1.93. The van der Waals surface area contributed by atoms with Crippen molar-refractivity contribution in [2.45, 2.75) is 32.6 Å². The second kappa shape index (κ2) is 6.48. The Morgan fingerprint density at radius 2 is 2.11 bits per heavy atom. The maximum Gasteiger partial charge on any atom is 0.258 e. The van der Waals surface area contributed by atoms with Gasteiger partial charge in [0.25, 0.3) is 5.89 Å². The monoisotopic (exact) mass is 259 g/mol. The largest absolute Gasteiger partial charge is 0.334 e. The number of hydrogen-bond donors (Lipinski definition) is 1. The third-order valence-corrected chi connectivity index (χ3v) is 3.39. The molecule has 2 aromatic rings. The standard InChI is InChI=1S/C15H21N3O/c1-4-11(2)14-17-15(19-18-14)13-8-6-5-7-12(13)9-10-16-3/h5-8,11,16H,4,9-10H2,1-3H3. The van der Waals surface area contributed by atoms with Crippen molar-refractivity contribution in [2.24, 2.45) is 0 Å². The highest BCUT2D eigenvalue weighted by Gasteiger charge is 2.15. The maximum atomic E-state index is 5.41. The average molecular weight is 259 g/mol. The molecule has 1 N–H and O–H groups in total. The lowest BCUT2D eigenvalue weighted by atomic mass is 10.0. The normalized spacial score (nSPS) is 12.6. The SMILES string of the molecule is CCC(C)c1noc(-c2ccccc2CCNC)n1. The molecule has 1 unspecified atom stereocenters. The lowest BCUT2D eigenvalue weighted by molar-refractivity contribution is 0.416. The van der Waals surface area contributed by atoms with Gasteiger partial charge in [-0.1, -0.05) is 37.2 Å². The van der Waals surface area contributed by atoms with E-state index in [1.165, 1.54) is 5.56 Å².